The molecule has 9 heteroatoms. The number of amides is 1. The van der Waals surface area contributed by atoms with Gasteiger partial charge < -0.3 is 5.32 Å². The van der Waals surface area contributed by atoms with Crippen LogP contribution in [0, 0.1) is 5.92 Å². The molecule has 0 aliphatic heterocycles. The number of hydrogen-bond acceptors (Lipinski definition) is 1. The fraction of sp³-hybridized carbons (Fsp3) is 0.909. The van der Waals surface area contributed by atoms with Crippen molar-refractivity contribution < 1.29 is 31.1 Å². The molecule has 0 radical (unpaired) electrons. The maximum Gasteiger partial charge on any atom is 0.409 e. The quantitative estimate of drug-likeness (QED) is 0.621. The van der Waals surface area contributed by atoms with E-state index in [1.54, 1.807) is 0 Å². The van der Waals surface area contributed by atoms with E-state index in [0.717, 1.165) is 6.42 Å². The number of hydrogen-bond donors (Lipinski definition) is 1. The van der Waals surface area contributed by atoms with Gasteiger partial charge in [-0.3, -0.25) is 4.79 Å². The van der Waals surface area contributed by atoms with Crippen LogP contribution in [0.25, 0.3) is 0 Å². The van der Waals surface area contributed by atoms with Crippen molar-refractivity contribution in [1.29, 1.82) is 0 Å². The van der Waals surface area contributed by atoms with Gasteiger partial charge in [0.2, 0.25) is 11.8 Å². The maximum atomic E-state index is 12.4. The summed E-state index contributed by atoms with van der Waals surface area (Å²) in [7, 11) is 0. The van der Waals surface area contributed by atoms with Gasteiger partial charge in [0, 0.05) is 5.88 Å². The Labute approximate surface area is 116 Å². The minimum absolute atomic E-state index is 0.207. The van der Waals surface area contributed by atoms with Crippen molar-refractivity contribution in [3.8, 4) is 0 Å². The predicted molar refractivity (Wildman–Crippen MR) is 60.3 cm³/mol. The Bertz CT molecular complexity index is 334. The van der Waals surface area contributed by atoms with Gasteiger partial charge in [-0.05, 0) is 12.8 Å². The highest BCUT2D eigenvalue weighted by molar-refractivity contribution is 6.18. The lowest BCUT2D eigenvalue weighted by Crippen LogP contribution is -2.57. The Balaban J connectivity index is 2.91. The first-order chi connectivity index (χ1) is 9.02. The summed E-state index contributed by atoms with van der Waals surface area (Å²) in [6.07, 6.45) is -8.76. The van der Waals surface area contributed by atoms with Crippen molar-refractivity contribution in [2.24, 2.45) is 5.92 Å². The van der Waals surface area contributed by atoms with Crippen molar-refractivity contribution in [1.82, 2.24) is 5.32 Å². The highest BCUT2D eigenvalue weighted by Crippen LogP contribution is 2.40. The third-order valence-electron chi connectivity index (χ3n) is 3.37. The molecule has 0 aromatic carbocycles. The molecule has 2 nitrogen and oxygen atoms in total. The van der Waals surface area contributed by atoms with Crippen LogP contribution in [-0.4, -0.2) is 29.7 Å². The van der Waals surface area contributed by atoms with Crippen LogP contribution in [0.4, 0.5) is 26.3 Å². The number of alkyl halides is 7. The largest absolute Gasteiger partial charge is 0.409 e. The fourth-order valence-electron chi connectivity index (χ4n) is 2.34. The lowest BCUT2D eigenvalue weighted by Gasteiger charge is -2.37. The molecule has 20 heavy (non-hydrogen) atoms. The van der Waals surface area contributed by atoms with Gasteiger partial charge in [0.15, 0.2) is 0 Å². The van der Waals surface area contributed by atoms with Crippen molar-refractivity contribution in [2.45, 2.75) is 50.0 Å². The van der Waals surface area contributed by atoms with E-state index in [9.17, 15) is 31.1 Å². The van der Waals surface area contributed by atoms with Gasteiger partial charge in [0.05, 0.1) is 5.54 Å². The summed E-state index contributed by atoms with van der Waals surface area (Å²) in [4.78, 5) is 11.5. The molecule has 1 rings (SSSR count). The Kier molecular flexibility index (Phi) is 5.21. The second-order valence-electron chi connectivity index (χ2n) is 4.98. The number of rotatable bonds is 3. The molecule has 118 valence electrons. The first-order valence-electron chi connectivity index (χ1n) is 6.03. The Hall–Kier alpha value is -0.660. The molecule has 1 amide bonds. The van der Waals surface area contributed by atoms with E-state index in [1.807, 2.05) is 5.32 Å². The highest BCUT2D eigenvalue weighted by atomic mass is 35.5. The zero-order chi connectivity index (χ0) is 15.6. The van der Waals surface area contributed by atoms with Crippen LogP contribution in [0.15, 0.2) is 0 Å². The third-order valence-corrected chi connectivity index (χ3v) is 3.88. The van der Waals surface area contributed by atoms with Crippen LogP contribution in [-0.2, 0) is 4.79 Å². The fourth-order valence-corrected chi connectivity index (χ4v) is 2.67. The van der Waals surface area contributed by atoms with E-state index in [2.05, 4.69) is 0 Å². The summed E-state index contributed by atoms with van der Waals surface area (Å²) < 4.78 is 74.6. The second-order valence-corrected chi connectivity index (χ2v) is 5.25. The third kappa shape index (κ3) is 4.17. The maximum absolute atomic E-state index is 12.4. The number of nitrogens with one attached hydrogen (secondary N) is 1. The molecule has 0 unspecified atom stereocenters. The van der Waals surface area contributed by atoms with Crippen molar-refractivity contribution in [3.63, 3.8) is 0 Å². The first kappa shape index (κ1) is 17.4. The van der Waals surface area contributed by atoms with Crippen molar-refractivity contribution in [3.05, 3.63) is 0 Å². The van der Waals surface area contributed by atoms with Gasteiger partial charge in [-0.1, -0.05) is 19.3 Å². The zero-order valence-electron chi connectivity index (χ0n) is 10.4. The molecule has 0 saturated heterocycles. The molecule has 1 aliphatic rings. The highest BCUT2D eigenvalue weighted by Gasteiger charge is 2.61. The lowest BCUT2D eigenvalue weighted by molar-refractivity contribution is -0.274. The standard InChI is InChI=1S/C11H14ClF6NO/c12-6-9(4-2-1-3-5-9)19-8(20)7(10(13,14)15)11(16,17)18/h7H,1-6H2,(H,19,20). The lowest BCUT2D eigenvalue weighted by atomic mass is 9.82. The van der Waals surface area contributed by atoms with E-state index < -0.39 is 29.7 Å². The van der Waals surface area contributed by atoms with Gasteiger partial charge in [-0.15, -0.1) is 11.6 Å². The number of carbonyl (C=O) groups is 1. The molecule has 0 atom stereocenters. The van der Waals surface area contributed by atoms with E-state index in [4.69, 9.17) is 11.6 Å². The second kappa shape index (κ2) is 5.99. The molecule has 1 saturated carbocycles. The summed E-state index contributed by atoms with van der Waals surface area (Å²) in [6, 6.07) is 0. The normalized spacial score (nSPS) is 20.0. The van der Waals surface area contributed by atoms with E-state index >= 15 is 0 Å². The van der Waals surface area contributed by atoms with Crippen LogP contribution in [0.5, 0.6) is 0 Å². The van der Waals surface area contributed by atoms with Gasteiger partial charge in [0.1, 0.15) is 0 Å². The van der Waals surface area contributed by atoms with E-state index in [1.165, 1.54) is 0 Å². The molecule has 0 aromatic rings. The van der Waals surface area contributed by atoms with Gasteiger partial charge >= 0.3 is 12.4 Å². The van der Waals surface area contributed by atoms with Gasteiger partial charge in [0.25, 0.3) is 0 Å². The Morgan fingerprint density at radius 3 is 1.85 bits per heavy atom. The molecule has 0 aromatic heterocycles. The SMILES string of the molecule is O=C(NC1(CCl)CCCCC1)C(C(F)(F)F)C(F)(F)F. The molecule has 1 N–H and O–H groups in total. The summed E-state index contributed by atoms with van der Waals surface area (Å²) in [6.45, 7) is 0. The van der Waals surface area contributed by atoms with Crippen LogP contribution in [0.2, 0.25) is 0 Å². The average molecular weight is 326 g/mol. The zero-order valence-corrected chi connectivity index (χ0v) is 11.1. The Morgan fingerprint density at radius 1 is 1.05 bits per heavy atom. The molecule has 0 heterocycles. The minimum Gasteiger partial charge on any atom is -0.349 e. The summed E-state index contributed by atoms with van der Waals surface area (Å²) in [5.74, 6) is -6.30. The van der Waals surface area contributed by atoms with Crippen molar-refractivity contribution >= 4 is 17.5 Å². The molecule has 1 aliphatic carbocycles. The molecule has 0 bridgehead atoms. The molecule has 0 spiro atoms. The average Bonchev–Trinajstić information content (AvgIpc) is 2.25. The smallest absolute Gasteiger partial charge is 0.349 e. The molecular formula is C11H14ClF6NO. The Morgan fingerprint density at radius 2 is 1.50 bits per heavy atom. The minimum atomic E-state index is -5.68. The molecular weight excluding hydrogens is 312 g/mol. The van der Waals surface area contributed by atoms with Gasteiger partial charge in [-0.2, -0.15) is 26.3 Å². The van der Waals surface area contributed by atoms with E-state index in [0.29, 0.717) is 12.8 Å². The number of carbonyl (C=O) groups excluding carboxylic acids is 1. The summed E-state index contributed by atoms with van der Waals surface area (Å²) >= 11 is 5.64. The summed E-state index contributed by atoms with van der Waals surface area (Å²) in [5, 5.41) is 1.88. The van der Waals surface area contributed by atoms with Crippen LogP contribution in [0.3, 0.4) is 0 Å². The number of halogens is 7. The predicted octanol–water partition coefficient (Wildman–Crippen LogP) is 3.79. The topological polar surface area (TPSA) is 29.1 Å². The van der Waals surface area contributed by atoms with Crippen molar-refractivity contribution in [2.75, 3.05) is 5.88 Å². The van der Waals surface area contributed by atoms with Crippen LogP contribution >= 0.6 is 11.6 Å². The molecule has 1 fully saturated rings. The first-order valence-corrected chi connectivity index (χ1v) is 6.57. The summed E-state index contributed by atoms with van der Waals surface area (Å²) in [5.41, 5.74) is -1.17. The van der Waals surface area contributed by atoms with E-state index in [-0.39, 0.29) is 18.7 Å². The van der Waals surface area contributed by atoms with Gasteiger partial charge in [-0.25, -0.2) is 0 Å². The van der Waals surface area contributed by atoms with Crippen LogP contribution in [0.1, 0.15) is 32.1 Å². The monoisotopic (exact) mass is 325 g/mol. The van der Waals surface area contributed by atoms with Crippen LogP contribution < -0.4 is 5.32 Å².